The zero-order valence-corrected chi connectivity index (χ0v) is 13.2. The Kier molecular flexibility index (Phi) is 4.99. The van der Waals surface area contributed by atoms with Crippen LogP contribution in [-0.2, 0) is 0 Å². The van der Waals surface area contributed by atoms with Crippen LogP contribution in [0.3, 0.4) is 0 Å². The number of hydrogen-bond donors (Lipinski definition) is 0. The summed E-state index contributed by atoms with van der Waals surface area (Å²) in [4.78, 5) is 15.8. The maximum atomic E-state index is 11.2. The van der Waals surface area contributed by atoms with Crippen LogP contribution >= 0.6 is 15.9 Å². The second kappa shape index (κ2) is 6.53. The van der Waals surface area contributed by atoms with Crippen LogP contribution < -0.4 is 4.90 Å². The maximum absolute atomic E-state index is 11.2. The quantitative estimate of drug-likeness (QED) is 0.795. The SMILES string of the molecule is CN(C)CC1CCN(c2ccc(Br)cc2C=O)CC1. The van der Waals surface area contributed by atoms with Gasteiger partial charge in [0.1, 0.15) is 0 Å². The van der Waals surface area contributed by atoms with E-state index in [0.717, 1.165) is 47.6 Å². The molecule has 0 unspecified atom stereocenters. The Morgan fingerprint density at radius 3 is 2.63 bits per heavy atom. The monoisotopic (exact) mass is 324 g/mol. The summed E-state index contributed by atoms with van der Waals surface area (Å²) in [6.07, 6.45) is 3.35. The average molecular weight is 325 g/mol. The molecule has 1 aromatic rings. The predicted octanol–water partition coefficient (Wildman–Crippen LogP) is 3.04. The average Bonchev–Trinajstić information content (AvgIpc) is 2.39. The highest BCUT2D eigenvalue weighted by molar-refractivity contribution is 9.10. The lowest BCUT2D eigenvalue weighted by Crippen LogP contribution is -2.37. The Morgan fingerprint density at radius 2 is 2.05 bits per heavy atom. The Labute approximate surface area is 123 Å². The lowest BCUT2D eigenvalue weighted by Gasteiger charge is -2.35. The van der Waals surface area contributed by atoms with E-state index in [0.29, 0.717) is 0 Å². The van der Waals surface area contributed by atoms with Crippen molar-refractivity contribution in [1.29, 1.82) is 0 Å². The van der Waals surface area contributed by atoms with E-state index in [-0.39, 0.29) is 0 Å². The van der Waals surface area contributed by atoms with E-state index in [1.807, 2.05) is 18.2 Å². The molecule has 0 spiro atoms. The van der Waals surface area contributed by atoms with E-state index in [4.69, 9.17) is 0 Å². The topological polar surface area (TPSA) is 23.6 Å². The van der Waals surface area contributed by atoms with Crippen molar-refractivity contribution in [3.8, 4) is 0 Å². The molecule has 0 N–H and O–H groups in total. The van der Waals surface area contributed by atoms with Gasteiger partial charge in [-0.1, -0.05) is 15.9 Å². The minimum absolute atomic E-state index is 0.778. The van der Waals surface area contributed by atoms with Gasteiger partial charge in [0.15, 0.2) is 6.29 Å². The molecule has 1 aliphatic rings. The molecule has 0 aliphatic carbocycles. The van der Waals surface area contributed by atoms with Crippen molar-refractivity contribution >= 4 is 27.9 Å². The predicted molar refractivity (Wildman–Crippen MR) is 83.0 cm³/mol. The number of anilines is 1. The highest BCUT2D eigenvalue weighted by Gasteiger charge is 2.21. The first kappa shape index (κ1) is 14.5. The standard InChI is InChI=1S/C15H21BrN2O/c1-17(2)10-12-5-7-18(8-6-12)15-4-3-14(16)9-13(15)11-19/h3-4,9,11-12H,5-8,10H2,1-2H3. The zero-order valence-electron chi connectivity index (χ0n) is 11.6. The molecule has 3 nitrogen and oxygen atoms in total. The third kappa shape index (κ3) is 3.80. The Hall–Kier alpha value is -0.870. The maximum Gasteiger partial charge on any atom is 0.152 e. The summed E-state index contributed by atoms with van der Waals surface area (Å²) in [6, 6.07) is 5.95. The first-order valence-corrected chi connectivity index (χ1v) is 7.54. The van der Waals surface area contributed by atoms with Crippen LogP contribution in [0.4, 0.5) is 5.69 Å². The summed E-state index contributed by atoms with van der Waals surface area (Å²) >= 11 is 3.41. The smallest absolute Gasteiger partial charge is 0.152 e. The van der Waals surface area contributed by atoms with E-state index in [1.165, 1.54) is 12.8 Å². The zero-order chi connectivity index (χ0) is 13.8. The molecule has 19 heavy (non-hydrogen) atoms. The van der Waals surface area contributed by atoms with Gasteiger partial charge in [-0.05, 0) is 51.1 Å². The van der Waals surface area contributed by atoms with Crippen molar-refractivity contribution in [1.82, 2.24) is 4.90 Å². The van der Waals surface area contributed by atoms with Crippen LogP contribution in [0.1, 0.15) is 23.2 Å². The molecule has 0 radical (unpaired) electrons. The molecule has 1 heterocycles. The van der Waals surface area contributed by atoms with Gasteiger partial charge in [0.05, 0.1) is 0 Å². The van der Waals surface area contributed by atoms with Gasteiger partial charge in [-0.25, -0.2) is 0 Å². The van der Waals surface area contributed by atoms with Gasteiger partial charge in [0.2, 0.25) is 0 Å². The summed E-state index contributed by atoms with van der Waals surface area (Å²) in [5.74, 6) is 0.779. The lowest BCUT2D eigenvalue weighted by atomic mass is 9.95. The number of halogens is 1. The fourth-order valence-electron chi connectivity index (χ4n) is 2.78. The number of rotatable bonds is 4. The molecule has 1 saturated heterocycles. The van der Waals surface area contributed by atoms with E-state index < -0.39 is 0 Å². The van der Waals surface area contributed by atoms with Gasteiger partial charge in [0.25, 0.3) is 0 Å². The van der Waals surface area contributed by atoms with Crippen LogP contribution in [-0.4, -0.2) is 44.9 Å². The molecule has 0 atom stereocenters. The number of hydrogen-bond acceptors (Lipinski definition) is 3. The summed E-state index contributed by atoms with van der Waals surface area (Å²) in [5, 5.41) is 0. The second-order valence-electron chi connectivity index (χ2n) is 5.51. The normalized spacial score (nSPS) is 16.9. The fourth-order valence-corrected chi connectivity index (χ4v) is 3.16. The highest BCUT2D eigenvalue weighted by atomic mass is 79.9. The number of benzene rings is 1. The van der Waals surface area contributed by atoms with Crippen LogP contribution in [0.5, 0.6) is 0 Å². The third-order valence-electron chi connectivity index (χ3n) is 3.70. The summed E-state index contributed by atoms with van der Waals surface area (Å²) in [7, 11) is 4.26. The van der Waals surface area contributed by atoms with Gasteiger partial charge >= 0.3 is 0 Å². The number of piperidine rings is 1. The van der Waals surface area contributed by atoms with Gasteiger partial charge in [-0.15, -0.1) is 0 Å². The summed E-state index contributed by atoms with van der Waals surface area (Å²) < 4.78 is 0.959. The van der Waals surface area contributed by atoms with Gasteiger partial charge < -0.3 is 9.80 Å². The van der Waals surface area contributed by atoms with Gasteiger partial charge in [0, 0.05) is 35.4 Å². The van der Waals surface area contributed by atoms with E-state index >= 15 is 0 Å². The van der Waals surface area contributed by atoms with Crippen molar-refractivity contribution in [3.05, 3.63) is 28.2 Å². The number of aldehydes is 1. The lowest BCUT2D eigenvalue weighted by molar-refractivity contribution is 0.112. The number of carbonyl (C=O) groups excluding carboxylic acids is 1. The third-order valence-corrected chi connectivity index (χ3v) is 4.19. The van der Waals surface area contributed by atoms with E-state index in [9.17, 15) is 4.79 Å². The van der Waals surface area contributed by atoms with Gasteiger partial charge in [-0.2, -0.15) is 0 Å². The van der Waals surface area contributed by atoms with E-state index in [2.05, 4.69) is 39.8 Å². The fraction of sp³-hybridized carbons (Fsp3) is 0.533. The molecule has 1 aromatic carbocycles. The van der Waals surface area contributed by atoms with E-state index in [1.54, 1.807) is 0 Å². The largest absolute Gasteiger partial charge is 0.371 e. The molecule has 0 saturated carbocycles. The molecule has 104 valence electrons. The summed E-state index contributed by atoms with van der Waals surface area (Å²) in [6.45, 7) is 3.25. The summed E-state index contributed by atoms with van der Waals surface area (Å²) in [5.41, 5.74) is 1.85. The van der Waals surface area contributed by atoms with Crippen molar-refractivity contribution in [2.75, 3.05) is 38.6 Å². The van der Waals surface area contributed by atoms with Crippen molar-refractivity contribution < 1.29 is 4.79 Å². The Bertz CT molecular complexity index is 440. The van der Waals surface area contributed by atoms with Gasteiger partial charge in [-0.3, -0.25) is 4.79 Å². The van der Waals surface area contributed by atoms with Crippen molar-refractivity contribution in [3.63, 3.8) is 0 Å². The first-order valence-electron chi connectivity index (χ1n) is 6.74. The van der Waals surface area contributed by atoms with Crippen LogP contribution in [0.25, 0.3) is 0 Å². The molecule has 0 bridgehead atoms. The molecule has 4 heteroatoms. The molecular formula is C15H21BrN2O. The molecule has 2 rings (SSSR count). The van der Waals surface area contributed by atoms with Crippen molar-refractivity contribution in [2.45, 2.75) is 12.8 Å². The molecule has 1 aliphatic heterocycles. The number of carbonyl (C=O) groups is 1. The minimum Gasteiger partial charge on any atom is -0.371 e. The number of nitrogens with zero attached hydrogens (tertiary/aromatic N) is 2. The second-order valence-corrected chi connectivity index (χ2v) is 6.43. The van der Waals surface area contributed by atoms with Crippen LogP contribution in [0.15, 0.2) is 22.7 Å². The Morgan fingerprint density at radius 1 is 1.37 bits per heavy atom. The molecule has 1 fully saturated rings. The molecular weight excluding hydrogens is 304 g/mol. The van der Waals surface area contributed by atoms with Crippen LogP contribution in [0.2, 0.25) is 0 Å². The molecule has 0 amide bonds. The van der Waals surface area contributed by atoms with Crippen molar-refractivity contribution in [2.24, 2.45) is 5.92 Å². The van der Waals surface area contributed by atoms with Crippen LogP contribution in [0, 0.1) is 5.92 Å². The Balaban J connectivity index is 2.03. The first-order chi connectivity index (χ1) is 9.10. The minimum atomic E-state index is 0.778. The molecule has 0 aromatic heterocycles. The highest BCUT2D eigenvalue weighted by Crippen LogP contribution is 2.28.